The normalized spacial score (nSPS) is 9.44. The van der Waals surface area contributed by atoms with Crippen molar-refractivity contribution in [3.05, 3.63) is 24.3 Å². The number of nitrogens with zero attached hydrogens (tertiary/aromatic N) is 2. The Kier molecular flexibility index (Phi) is 2.12. The van der Waals surface area contributed by atoms with E-state index in [0.717, 1.165) is 0 Å². The highest BCUT2D eigenvalue weighted by atomic mass is 16.5. The minimum Gasteiger partial charge on any atom is -0.316 e. The SMILES string of the molecule is ONCc1ncccn1. The van der Waals surface area contributed by atoms with Crippen molar-refractivity contribution in [3.8, 4) is 0 Å². The van der Waals surface area contributed by atoms with Crippen LogP contribution in [-0.2, 0) is 6.54 Å². The zero-order valence-electron chi connectivity index (χ0n) is 4.78. The summed E-state index contributed by atoms with van der Waals surface area (Å²) in [5.74, 6) is 0.583. The molecule has 1 heterocycles. The summed E-state index contributed by atoms with van der Waals surface area (Å²) in [6.45, 7) is 0.292. The maximum absolute atomic E-state index is 8.19. The molecule has 9 heavy (non-hydrogen) atoms. The highest BCUT2D eigenvalue weighted by Crippen LogP contribution is 1.83. The smallest absolute Gasteiger partial charge is 0.144 e. The zero-order chi connectivity index (χ0) is 6.53. The van der Waals surface area contributed by atoms with Crippen LogP contribution in [0.15, 0.2) is 18.5 Å². The first kappa shape index (κ1) is 6.12. The van der Waals surface area contributed by atoms with Gasteiger partial charge in [0.25, 0.3) is 0 Å². The van der Waals surface area contributed by atoms with Crippen LogP contribution in [-0.4, -0.2) is 15.2 Å². The summed E-state index contributed by atoms with van der Waals surface area (Å²) in [7, 11) is 0. The van der Waals surface area contributed by atoms with E-state index in [4.69, 9.17) is 5.21 Å². The summed E-state index contributed by atoms with van der Waals surface area (Å²) in [6.07, 6.45) is 3.25. The molecule has 0 saturated carbocycles. The molecule has 0 bridgehead atoms. The number of hydrogen-bond acceptors (Lipinski definition) is 4. The van der Waals surface area contributed by atoms with E-state index in [1.54, 1.807) is 18.5 Å². The summed E-state index contributed by atoms with van der Waals surface area (Å²) in [6, 6.07) is 1.72. The van der Waals surface area contributed by atoms with Gasteiger partial charge >= 0.3 is 0 Å². The molecule has 0 aliphatic rings. The minimum atomic E-state index is 0.292. The van der Waals surface area contributed by atoms with Crippen LogP contribution in [0.2, 0.25) is 0 Å². The van der Waals surface area contributed by atoms with E-state index in [1.165, 1.54) is 0 Å². The summed E-state index contributed by atoms with van der Waals surface area (Å²) in [4.78, 5) is 7.67. The van der Waals surface area contributed by atoms with Gasteiger partial charge in [-0.15, -0.1) is 0 Å². The Bertz CT molecular complexity index is 165. The Morgan fingerprint density at radius 2 is 2.11 bits per heavy atom. The van der Waals surface area contributed by atoms with Crippen LogP contribution < -0.4 is 5.48 Å². The van der Waals surface area contributed by atoms with Crippen LogP contribution in [0.3, 0.4) is 0 Å². The number of hydroxylamine groups is 1. The number of nitrogens with one attached hydrogen (secondary N) is 1. The Morgan fingerprint density at radius 1 is 1.44 bits per heavy atom. The van der Waals surface area contributed by atoms with Crippen molar-refractivity contribution in [1.82, 2.24) is 15.4 Å². The van der Waals surface area contributed by atoms with Crippen LogP contribution in [0, 0.1) is 0 Å². The maximum atomic E-state index is 8.19. The maximum Gasteiger partial charge on any atom is 0.144 e. The van der Waals surface area contributed by atoms with Crippen molar-refractivity contribution in [2.45, 2.75) is 6.54 Å². The van der Waals surface area contributed by atoms with Gasteiger partial charge in [0.15, 0.2) is 0 Å². The molecule has 1 rings (SSSR count). The van der Waals surface area contributed by atoms with E-state index in [1.807, 2.05) is 5.48 Å². The molecule has 0 amide bonds. The van der Waals surface area contributed by atoms with E-state index in [-0.39, 0.29) is 0 Å². The van der Waals surface area contributed by atoms with Crippen molar-refractivity contribution in [1.29, 1.82) is 0 Å². The third-order valence-corrected chi connectivity index (χ3v) is 0.856. The van der Waals surface area contributed by atoms with E-state index in [0.29, 0.717) is 12.4 Å². The summed E-state index contributed by atoms with van der Waals surface area (Å²) >= 11 is 0. The molecule has 0 aliphatic heterocycles. The monoisotopic (exact) mass is 125 g/mol. The third kappa shape index (κ3) is 1.75. The third-order valence-electron chi connectivity index (χ3n) is 0.856. The summed E-state index contributed by atoms with van der Waals surface area (Å²) < 4.78 is 0. The average molecular weight is 125 g/mol. The predicted molar refractivity (Wildman–Crippen MR) is 30.7 cm³/mol. The fraction of sp³-hybridized carbons (Fsp3) is 0.200. The fourth-order valence-corrected chi connectivity index (χ4v) is 0.492. The lowest BCUT2D eigenvalue weighted by molar-refractivity contribution is 0.158. The second kappa shape index (κ2) is 3.11. The van der Waals surface area contributed by atoms with Gasteiger partial charge in [-0.05, 0) is 6.07 Å². The quantitative estimate of drug-likeness (QED) is 0.544. The van der Waals surface area contributed by atoms with Crippen LogP contribution in [0.1, 0.15) is 5.82 Å². The largest absolute Gasteiger partial charge is 0.316 e. The first-order valence-corrected chi connectivity index (χ1v) is 2.56. The summed E-state index contributed by atoms with van der Waals surface area (Å²) in [5, 5.41) is 8.19. The van der Waals surface area contributed by atoms with Gasteiger partial charge in [-0.2, -0.15) is 5.48 Å². The molecular weight excluding hydrogens is 118 g/mol. The van der Waals surface area contributed by atoms with E-state index < -0.39 is 0 Å². The molecule has 4 heteroatoms. The average Bonchev–Trinajstić information content (AvgIpc) is 1.91. The van der Waals surface area contributed by atoms with Gasteiger partial charge in [0.05, 0.1) is 6.54 Å². The second-order valence-electron chi connectivity index (χ2n) is 1.50. The Hall–Kier alpha value is -1.00. The Morgan fingerprint density at radius 3 is 2.67 bits per heavy atom. The standard InChI is InChI=1S/C5H7N3O/c9-8-4-5-6-2-1-3-7-5/h1-3,8-9H,4H2. The Labute approximate surface area is 52.5 Å². The molecule has 0 spiro atoms. The first-order chi connectivity index (χ1) is 4.43. The molecule has 1 aromatic heterocycles. The lowest BCUT2D eigenvalue weighted by Crippen LogP contribution is -2.08. The van der Waals surface area contributed by atoms with Gasteiger partial charge in [0.1, 0.15) is 5.82 Å². The van der Waals surface area contributed by atoms with E-state index in [9.17, 15) is 0 Å². The van der Waals surface area contributed by atoms with Gasteiger partial charge in [-0.3, -0.25) is 0 Å². The number of aromatic nitrogens is 2. The van der Waals surface area contributed by atoms with E-state index >= 15 is 0 Å². The zero-order valence-corrected chi connectivity index (χ0v) is 4.78. The van der Waals surface area contributed by atoms with Crippen molar-refractivity contribution in [2.75, 3.05) is 0 Å². The molecule has 4 nitrogen and oxygen atoms in total. The summed E-state index contributed by atoms with van der Waals surface area (Å²) in [5.41, 5.74) is 1.96. The van der Waals surface area contributed by atoms with Gasteiger partial charge in [-0.25, -0.2) is 9.97 Å². The number of hydrogen-bond donors (Lipinski definition) is 2. The van der Waals surface area contributed by atoms with Crippen molar-refractivity contribution < 1.29 is 5.21 Å². The minimum absolute atomic E-state index is 0.292. The Balaban J connectivity index is 2.61. The molecule has 48 valence electrons. The molecule has 0 unspecified atom stereocenters. The van der Waals surface area contributed by atoms with Gasteiger partial charge in [0.2, 0.25) is 0 Å². The van der Waals surface area contributed by atoms with Crippen LogP contribution in [0.4, 0.5) is 0 Å². The lowest BCUT2D eigenvalue weighted by Gasteiger charge is -1.92. The van der Waals surface area contributed by atoms with Crippen LogP contribution in [0.25, 0.3) is 0 Å². The van der Waals surface area contributed by atoms with Gasteiger partial charge in [0, 0.05) is 12.4 Å². The topological polar surface area (TPSA) is 58.0 Å². The molecule has 0 atom stereocenters. The number of rotatable bonds is 2. The predicted octanol–water partition coefficient (Wildman–Crippen LogP) is -0.0446. The van der Waals surface area contributed by atoms with Crippen LogP contribution >= 0.6 is 0 Å². The molecule has 0 radical (unpaired) electrons. The van der Waals surface area contributed by atoms with Crippen molar-refractivity contribution in [3.63, 3.8) is 0 Å². The highest BCUT2D eigenvalue weighted by molar-refractivity contribution is 4.86. The van der Waals surface area contributed by atoms with Crippen molar-refractivity contribution in [2.24, 2.45) is 0 Å². The molecule has 0 fully saturated rings. The molecule has 0 aliphatic carbocycles. The molecular formula is C5H7N3O. The fourth-order valence-electron chi connectivity index (χ4n) is 0.492. The van der Waals surface area contributed by atoms with Gasteiger partial charge in [-0.1, -0.05) is 0 Å². The molecule has 2 N–H and O–H groups in total. The second-order valence-corrected chi connectivity index (χ2v) is 1.50. The molecule has 1 aromatic rings. The van der Waals surface area contributed by atoms with Crippen LogP contribution in [0.5, 0.6) is 0 Å². The highest BCUT2D eigenvalue weighted by Gasteiger charge is 1.88. The molecule has 0 aromatic carbocycles. The van der Waals surface area contributed by atoms with E-state index in [2.05, 4.69) is 9.97 Å². The van der Waals surface area contributed by atoms with Gasteiger partial charge < -0.3 is 5.21 Å². The lowest BCUT2D eigenvalue weighted by atomic mass is 10.6. The van der Waals surface area contributed by atoms with Crippen molar-refractivity contribution >= 4 is 0 Å². The first-order valence-electron chi connectivity index (χ1n) is 2.56. The molecule has 0 saturated heterocycles.